The summed E-state index contributed by atoms with van der Waals surface area (Å²) in [6.45, 7) is 2.74. The molecule has 3 aromatic carbocycles. The second kappa shape index (κ2) is 11.0. The molecule has 2 aliphatic heterocycles. The number of hydrogen-bond acceptors (Lipinski definition) is 5. The van der Waals surface area contributed by atoms with Crippen LogP contribution in [0.2, 0.25) is 5.02 Å². The quantitative estimate of drug-likeness (QED) is 0.455. The maximum atomic E-state index is 13.2. The third-order valence-corrected chi connectivity index (χ3v) is 9.02. The molecule has 0 radical (unpaired) electrons. The molecule has 0 spiro atoms. The van der Waals surface area contributed by atoms with Crippen molar-refractivity contribution in [3.05, 3.63) is 77.3 Å². The van der Waals surface area contributed by atoms with Crippen LogP contribution in [0.5, 0.6) is 0 Å². The van der Waals surface area contributed by atoms with E-state index >= 15 is 0 Å². The maximum absolute atomic E-state index is 13.2. The van der Waals surface area contributed by atoms with Gasteiger partial charge in [0.15, 0.2) is 0 Å². The van der Waals surface area contributed by atoms with Gasteiger partial charge in [-0.25, -0.2) is 8.42 Å². The van der Waals surface area contributed by atoms with Crippen molar-refractivity contribution in [3.63, 3.8) is 0 Å². The summed E-state index contributed by atoms with van der Waals surface area (Å²) in [5.74, 6) is -0.848. The molecule has 0 bridgehead atoms. The van der Waals surface area contributed by atoms with Crippen molar-refractivity contribution in [2.24, 2.45) is 0 Å². The largest absolute Gasteiger partial charge is 0.347 e. The molecule has 11 heteroatoms. The van der Waals surface area contributed by atoms with Gasteiger partial charge in [0.1, 0.15) is 12.1 Å². The average Bonchev–Trinajstić information content (AvgIpc) is 3.54. The zero-order chi connectivity index (χ0) is 27.7. The summed E-state index contributed by atoms with van der Waals surface area (Å²) in [5.41, 5.74) is 0.555. The molecular weight excluding hydrogens is 540 g/mol. The lowest BCUT2D eigenvalue weighted by atomic mass is 10.1. The van der Waals surface area contributed by atoms with Gasteiger partial charge in [-0.1, -0.05) is 41.9 Å². The molecule has 3 aromatic rings. The van der Waals surface area contributed by atoms with Gasteiger partial charge in [-0.05, 0) is 66.9 Å². The molecule has 0 aliphatic carbocycles. The fourth-order valence-electron chi connectivity index (χ4n) is 5.15. The van der Waals surface area contributed by atoms with E-state index in [1.54, 1.807) is 60.4 Å². The van der Waals surface area contributed by atoms with Gasteiger partial charge >= 0.3 is 0 Å². The Balaban J connectivity index is 1.19. The number of sulfonamides is 1. The SMILES string of the molecule is CC(C(=O)N1CCC(NC(=O)c2ccccc2)C1)N1CCC(NS(=O)(=O)c2ccc3cc(Cl)ccc3c2)C1=O. The molecule has 2 aliphatic rings. The van der Waals surface area contributed by atoms with Crippen molar-refractivity contribution in [2.75, 3.05) is 19.6 Å². The number of carbonyl (C=O) groups excluding carboxylic acids is 3. The predicted octanol–water partition coefficient (Wildman–Crippen LogP) is 2.79. The van der Waals surface area contributed by atoms with Crippen LogP contribution < -0.4 is 10.0 Å². The minimum Gasteiger partial charge on any atom is -0.347 e. The van der Waals surface area contributed by atoms with Crippen LogP contribution in [0.1, 0.15) is 30.1 Å². The first kappa shape index (κ1) is 27.1. The maximum Gasteiger partial charge on any atom is 0.251 e. The fourth-order valence-corrected chi connectivity index (χ4v) is 6.59. The summed E-state index contributed by atoms with van der Waals surface area (Å²) in [6, 6.07) is 16.9. The van der Waals surface area contributed by atoms with Gasteiger partial charge in [0.2, 0.25) is 21.8 Å². The number of carbonyl (C=O) groups is 3. The monoisotopic (exact) mass is 568 g/mol. The van der Waals surface area contributed by atoms with E-state index in [1.807, 2.05) is 6.07 Å². The molecule has 39 heavy (non-hydrogen) atoms. The third kappa shape index (κ3) is 5.78. The number of nitrogens with zero attached hydrogens (tertiary/aromatic N) is 2. The van der Waals surface area contributed by atoms with Gasteiger partial charge in [0.05, 0.1) is 4.90 Å². The second-order valence-electron chi connectivity index (χ2n) is 9.93. The first-order valence-electron chi connectivity index (χ1n) is 12.8. The third-order valence-electron chi connectivity index (χ3n) is 7.32. The van der Waals surface area contributed by atoms with Gasteiger partial charge in [0.25, 0.3) is 5.91 Å². The Labute approximate surface area is 232 Å². The Kier molecular flexibility index (Phi) is 7.61. The smallest absolute Gasteiger partial charge is 0.251 e. The van der Waals surface area contributed by atoms with Crippen LogP contribution in [0.15, 0.2) is 71.6 Å². The highest BCUT2D eigenvalue weighted by Crippen LogP contribution is 2.24. The lowest BCUT2D eigenvalue weighted by Crippen LogP contribution is -2.50. The zero-order valence-corrected chi connectivity index (χ0v) is 22.9. The minimum atomic E-state index is -3.97. The summed E-state index contributed by atoms with van der Waals surface area (Å²) >= 11 is 6.01. The molecular formula is C28H29ClN4O5S. The van der Waals surface area contributed by atoms with E-state index in [4.69, 9.17) is 11.6 Å². The lowest BCUT2D eigenvalue weighted by Gasteiger charge is -2.28. The number of nitrogens with one attached hydrogen (secondary N) is 2. The molecule has 5 rings (SSSR count). The van der Waals surface area contributed by atoms with E-state index in [2.05, 4.69) is 10.0 Å². The summed E-state index contributed by atoms with van der Waals surface area (Å²) in [4.78, 5) is 41.9. The molecule has 3 amide bonds. The van der Waals surface area contributed by atoms with Crippen LogP contribution in [-0.2, 0) is 19.6 Å². The van der Waals surface area contributed by atoms with Crippen molar-refractivity contribution in [1.29, 1.82) is 0 Å². The average molecular weight is 569 g/mol. The molecule has 2 fully saturated rings. The number of likely N-dealkylation sites (tertiary alicyclic amines) is 2. The van der Waals surface area contributed by atoms with Crippen LogP contribution >= 0.6 is 11.6 Å². The molecule has 204 valence electrons. The molecule has 2 saturated heterocycles. The highest BCUT2D eigenvalue weighted by atomic mass is 35.5. The van der Waals surface area contributed by atoms with Crippen molar-refractivity contribution in [3.8, 4) is 0 Å². The topological polar surface area (TPSA) is 116 Å². The van der Waals surface area contributed by atoms with Crippen LogP contribution in [0, 0.1) is 0 Å². The van der Waals surface area contributed by atoms with Crippen molar-refractivity contribution >= 4 is 50.1 Å². The highest BCUT2D eigenvalue weighted by Gasteiger charge is 2.41. The zero-order valence-electron chi connectivity index (χ0n) is 21.3. The molecule has 9 nitrogen and oxygen atoms in total. The molecule has 0 aromatic heterocycles. The Morgan fingerprint density at radius 1 is 0.974 bits per heavy atom. The van der Waals surface area contributed by atoms with Gasteiger partial charge in [-0.2, -0.15) is 4.72 Å². The van der Waals surface area contributed by atoms with Crippen LogP contribution in [-0.4, -0.2) is 73.7 Å². The van der Waals surface area contributed by atoms with Gasteiger partial charge in [-0.3, -0.25) is 14.4 Å². The van der Waals surface area contributed by atoms with Crippen molar-refractivity contribution in [1.82, 2.24) is 19.8 Å². The van der Waals surface area contributed by atoms with E-state index in [-0.39, 0.29) is 35.7 Å². The van der Waals surface area contributed by atoms with Crippen LogP contribution in [0.3, 0.4) is 0 Å². The second-order valence-corrected chi connectivity index (χ2v) is 12.1. The minimum absolute atomic E-state index is 0.0494. The number of fused-ring (bicyclic) bond motifs is 1. The number of benzene rings is 3. The lowest BCUT2D eigenvalue weighted by molar-refractivity contribution is -0.142. The Morgan fingerprint density at radius 3 is 2.46 bits per heavy atom. The van der Waals surface area contributed by atoms with Gasteiger partial charge in [0, 0.05) is 36.3 Å². The Bertz CT molecular complexity index is 1530. The van der Waals surface area contributed by atoms with Gasteiger partial charge in [-0.15, -0.1) is 0 Å². The molecule has 3 atom stereocenters. The first-order valence-corrected chi connectivity index (χ1v) is 14.7. The number of amides is 3. The van der Waals surface area contributed by atoms with E-state index < -0.39 is 28.0 Å². The van der Waals surface area contributed by atoms with Gasteiger partial charge < -0.3 is 15.1 Å². The standard InChI is InChI=1S/C28H29ClN4O5S/c1-18(27(35)32-13-11-23(17-32)30-26(34)19-5-3-2-4-6-19)33-14-12-25(28(33)36)31-39(37,38)24-10-8-20-15-22(29)9-7-21(20)16-24/h2-10,15-16,18,23,25,31H,11-14,17H2,1H3,(H,30,34). The van der Waals surface area contributed by atoms with Crippen LogP contribution in [0.25, 0.3) is 10.8 Å². The number of rotatable bonds is 7. The summed E-state index contributed by atoms with van der Waals surface area (Å²) < 4.78 is 28.7. The molecule has 0 saturated carbocycles. The fraction of sp³-hybridized carbons (Fsp3) is 0.321. The highest BCUT2D eigenvalue weighted by molar-refractivity contribution is 7.89. The van der Waals surface area contributed by atoms with E-state index in [9.17, 15) is 22.8 Å². The summed E-state index contributed by atoms with van der Waals surface area (Å²) in [5, 5.41) is 5.04. The Hall–Kier alpha value is -3.47. The predicted molar refractivity (Wildman–Crippen MR) is 148 cm³/mol. The molecule has 3 unspecified atom stereocenters. The summed E-state index contributed by atoms with van der Waals surface area (Å²) in [7, 11) is -3.97. The van der Waals surface area contributed by atoms with E-state index in [0.29, 0.717) is 35.5 Å². The summed E-state index contributed by atoms with van der Waals surface area (Å²) in [6.07, 6.45) is 0.875. The van der Waals surface area contributed by atoms with E-state index in [1.165, 1.54) is 17.0 Å². The van der Waals surface area contributed by atoms with Crippen LogP contribution in [0.4, 0.5) is 0 Å². The van der Waals surface area contributed by atoms with Crippen molar-refractivity contribution in [2.45, 2.75) is 42.8 Å². The Morgan fingerprint density at radius 2 is 1.69 bits per heavy atom. The number of hydrogen-bond donors (Lipinski definition) is 2. The number of halogens is 1. The van der Waals surface area contributed by atoms with Crippen molar-refractivity contribution < 1.29 is 22.8 Å². The normalized spacial score (nSPS) is 20.4. The first-order chi connectivity index (χ1) is 18.6. The molecule has 2 heterocycles. The molecule has 2 N–H and O–H groups in total. The van der Waals surface area contributed by atoms with E-state index in [0.717, 1.165) is 5.39 Å².